The van der Waals surface area contributed by atoms with Crippen LogP contribution in [0.25, 0.3) is 10.9 Å². The summed E-state index contributed by atoms with van der Waals surface area (Å²) in [6.07, 6.45) is 3.83. The molecule has 1 aliphatic rings. The van der Waals surface area contributed by atoms with Crippen LogP contribution < -0.4 is 0 Å². The highest BCUT2D eigenvalue weighted by Gasteiger charge is 2.30. The molecule has 1 N–H and O–H groups in total. The van der Waals surface area contributed by atoms with Crippen LogP contribution in [0.5, 0.6) is 0 Å². The van der Waals surface area contributed by atoms with Crippen LogP contribution in [0, 0.1) is 6.92 Å². The van der Waals surface area contributed by atoms with E-state index in [0.29, 0.717) is 19.0 Å². The average molecular weight is 321 g/mol. The van der Waals surface area contributed by atoms with Gasteiger partial charge in [0, 0.05) is 44.3 Å². The molecule has 0 bridgehead atoms. The van der Waals surface area contributed by atoms with E-state index < -0.39 is 10.2 Å². The van der Waals surface area contributed by atoms with Crippen LogP contribution in [-0.4, -0.2) is 49.2 Å². The molecule has 22 heavy (non-hydrogen) atoms. The SMILES string of the molecule is Cc1ccc2c(C3CCN(S(=O)(=O)N(C)C)CC3)c[nH]c2c1. The molecule has 0 spiro atoms. The molecule has 1 fully saturated rings. The first-order valence-electron chi connectivity index (χ1n) is 7.65. The molecule has 0 unspecified atom stereocenters. The second-order valence-corrected chi connectivity index (χ2v) is 8.40. The molecule has 0 amide bonds. The Morgan fingerprint density at radius 1 is 1.23 bits per heavy atom. The van der Waals surface area contributed by atoms with Crippen molar-refractivity contribution in [1.29, 1.82) is 0 Å². The number of fused-ring (bicyclic) bond motifs is 1. The lowest BCUT2D eigenvalue weighted by molar-refractivity contribution is 0.303. The lowest BCUT2D eigenvalue weighted by Crippen LogP contribution is -2.44. The number of rotatable bonds is 3. The molecule has 2 heterocycles. The highest BCUT2D eigenvalue weighted by atomic mass is 32.2. The third-order valence-electron chi connectivity index (χ3n) is 4.55. The summed E-state index contributed by atoms with van der Waals surface area (Å²) in [5.74, 6) is 0.421. The van der Waals surface area contributed by atoms with Gasteiger partial charge in [0.2, 0.25) is 0 Å². The molecule has 0 radical (unpaired) electrons. The lowest BCUT2D eigenvalue weighted by Gasteiger charge is -2.32. The zero-order chi connectivity index (χ0) is 15.9. The molecule has 3 rings (SSSR count). The second-order valence-electron chi connectivity index (χ2n) is 6.26. The van der Waals surface area contributed by atoms with Gasteiger partial charge >= 0.3 is 0 Å². The Morgan fingerprint density at radius 2 is 1.91 bits per heavy atom. The first-order valence-corrected chi connectivity index (χ1v) is 9.04. The van der Waals surface area contributed by atoms with Crippen molar-refractivity contribution < 1.29 is 8.42 Å². The third kappa shape index (κ3) is 2.66. The Bertz CT molecular complexity index is 772. The fraction of sp³-hybridized carbons (Fsp3) is 0.500. The number of aromatic nitrogens is 1. The number of benzene rings is 1. The molecular weight excluding hydrogens is 298 g/mol. The fourth-order valence-electron chi connectivity index (χ4n) is 3.23. The standard InChI is InChI=1S/C16H23N3O2S/c1-12-4-5-14-15(11-17-16(14)10-12)13-6-8-19(9-7-13)22(20,21)18(2)3/h4-5,10-11,13,17H,6-9H2,1-3H3. The van der Waals surface area contributed by atoms with E-state index >= 15 is 0 Å². The van der Waals surface area contributed by atoms with E-state index in [2.05, 4.69) is 36.3 Å². The predicted octanol–water partition coefficient (Wildman–Crippen LogP) is 2.46. The van der Waals surface area contributed by atoms with Crippen LogP contribution in [0.2, 0.25) is 0 Å². The minimum absolute atomic E-state index is 0.421. The summed E-state index contributed by atoms with van der Waals surface area (Å²) >= 11 is 0. The van der Waals surface area contributed by atoms with Crippen LogP contribution in [0.3, 0.4) is 0 Å². The largest absolute Gasteiger partial charge is 0.361 e. The van der Waals surface area contributed by atoms with Gasteiger partial charge in [-0.1, -0.05) is 12.1 Å². The van der Waals surface area contributed by atoms with Crippen molar-refractivity contribution in [2.24, 2.45) is 0 Å². The topological polar surface area (TPSA) is 56.4 Å². The molecule has 1 aliphatic heterocycles. The van der Waals surface area contributed by atoms with E-state index in [-0.39, 0.29) is 0 Å². The highest BCUT2D eigenvalue weighted by molar-refractivity contribution is 7.86. The van der Waals surface area contributed by atoms with Crippen molar-refractivity contribution in [3.05, 3.63) is 35.5 Å². The Hall–Kier alpha value is -1.37. The van der Waals surface area contributed by atoms with Crippen LogP contribution in [0.15, 0.2) is 24.4 Å². The van der Waals surface area contributed by atoms with Crippen LogP contribution in [0.4, 0.5) is 0 Å². The summed E-state index contributed by atoms with van der Waals surface area (Å²) in [5.41, 5.74) is 3.73. The molecule has 0 aliphatic carbocycles. The summed E-state index contributed by atoms with van der Waals surface area (Å²) in [6.45, 7) is 3.26. The van der Waals surface area contributed by atoms with Crippen molar-refractivity contribution in [1.82, 2.24) is 13.6 Å². The van der Waals surface area contributed by atoms with E-state index in [1.54, 1.807) is 18.4 Å². The van der Waals surface area contributed by atoms with Gasteiger partial charge in [0.25, 0.3) is 10.2 Å². The van der Waals surface area contributed by atoms with Gasteiger partial charge in [-0.3, -0.25) is 0 Å². The summed E-state index contributed by atoms with van der Waals surface area (Å²) < 4.78 is 27.2. The Morgan fingerprint density at radius 3 is 2.55 bits per heavy atom. The molecule has 120 valence electrons. The molecule has 0 atom stereocenters. The maximum absolute atomic E-state index is 12.2. The van der Waals surface area contributed by atoms with Gasteiger partial charge in [-0.15, -0.1) is 0 Å². The molecule has 1 aromatic carbocycles. The molecule has 0 saturated carbocycles. The average Bonchev–Trinajstić information content (AvgIpc) is 2.90. The number of nitrogens with zero attached hydrogens (tertiary/aromatic N) is 2. The van der Waals surface area contributed by atoms with E-state index in [4.69, 9.17) is 0 Å². The summed E-state index contributed by atoms with van der Waals surface area (Å²) in [4.78, 5) is 3.35. The van der Waals surface area contributed by atoms with Crippen molar-refractivity contribution in [2.75, 3.05) is 27.2 Å². The first kappa shape index (κ1) is 15.5. The van der Waals surface area contributed by atoms with E-state index in [1.807, 2.05) is 0 Å². The quantitative estimate of drug-likeness (QED) is 0.944. The van der Waals surface area contributed by atoms with Crippen molar-refractivity contribution in [3.8, 4) is 0 Å². The highest BCUT2D eigenvalue weighted by Crippen LogP contribution is 2.34. The van der Waals surface area contributed by atoms with Gasteiger partial charge < -0.3 is 4.98 Å². The van der Waals surface area contributed by atoms with Gasteiger partial charge in [0.1, 0.15) is 0 Å². The number of aryl methyl sites for hydroxylation is 1. The molecule has 6 heteroatoms. The van der Waals surface area contributed by atoms with E-state index in [1.165, 1.54) is 26.3 Å². The number of H-pyrrole nitrogens is 1. The van der Waals surface area contributed by atoms with Crippen molar-refractivity contribution in [3.63, 3.8) is 0 Å². The Kier molecular flexibility index (Phi) is 4.01. The van der Waals surface area contributed by atoms with Crippen molar-refractivity contribution >= 4 is 21.1 Å². The number of nitrogens with one attached hydrogen (secondary N) is 1. The molecule has 1 saturated heterocycles. The smallest absolute Gasteiger partial charge is 0.281 e. The monoisotopic (exact) mass is 321 g/mol. The number of hydrogen-bond donors (Lipinski definition) is 1. The maximum Gasteiger partial charge on any atom is 0.281 e. The van der Waals surface area contributed by atoms with Gasteiger partial charge in [0.05, 0.1) is 0 Å². The third-order valence-corrected chi connectivity index (χ3v) is 6.49. The molecular formula is C16H23N3O2S. The predicted molar refractivity (Wildman–Crippen MR) is 89.2 cm³/mol. The van der Waals surface area contributed by atoms with Gasteiger partial charge in [-0.05, 0) is 42.9 Å². The minimum Gasteiger partial charge on any atom is -0.361 e. The number of piperidine rings is 1. The summed E-state index contributed by atoms with van der Waals surface area (Å²) in [6, 6.07) is 6.45. The normalized spacial score (nSPS) is 18.4. The maximum atomic E-state index is 12.2. The van der Waals surface area contributed by atoms with Crippen molar-refractivity contribution in [2.45, 2.75) is 25.7 Å². The van der Waals surface area contributed by atoms with Gasteiger partial charge in [-0.25, -0.2) is 0 Å². The van der Waals surface area contributed by atoms with Crippen LogP contribution >= 0.6 is 0 Å². The zero-order valence-corrected chi connectivity index (χ0v) is 14.2. The number of aromatic amines is 1. The lowest BCUT2D eigenvalue weighted by atomic mass is 9.90. The minimum atomic E-state index is -3.28. The second kappa shape index (κ2) is 5.68. The van der Waals surface area contributed by atoms with Crippen LogP contribution in [-0.2, 0) is 10.2 Å². The van der Waals surface area contributed by atoms with Gasteiger partial charge in [0.15, 0.2) is 0 Å². The van der Waals surface area contributed by atoms with Crippen LogP contribution in [0.1, 0.15) is 29.9 Å². The summed E-state index contributed by atoms with van der Waals surface area (Å²) in [7, 11) is -0.108. The van der Waals surface area contributed by atoms with Gasteiger partial charge in [-0.2, -0.15) is 17.0 Å². The number of hydrogen-bond acceptors (Lipinski definition) is 2. The zero-order valence-electron chi connectivity index (χ0n) is 13.3. The summed E-state index contributed by atoms with van der Waals surface area (Å²) in [5, 5.41) is 1.26. The molecule has 2 aromatic rings. The molecule has 5 nitrogen and oxygen atoms in total. The fourth-order valence-corrected chi connectivity index (χ4v) is 4.36. The van der Waals surface area contributed by atoms with E-state index in [9.17, 15) is 8.42 Å². The Labute approximate surface area is 132 Å². The molecule has 1 aromatic heterocycles. The Balaban J connectivity index is 1.79. The first-order chi connectivity index (χ1) is 10.4. The van der Waals surface area contributed by atoms with E-state index in [0.717, 1.165) is 12.8 Å².